The molecule has 0 radical (unpaired) electrons. The topological polar surface area (TPSA) is 100 Å². The number of methoxy groups -OCH3 is 1. The van der Waals surface area contributed by atoms with Crippen molar-refractivity contribution in [3.63, 3.8) is 0 Å². The van der Waals surface area contributed by atoms with Gasteiger partial charge < -0.3 is 15.2 Å². The molecule has 1 aliphatic rings. The van der Waals surface area contributed by atoms with E-state index in [9.17, 15) is 14.7 Å². The summed E-state index contributed by atoms with van der Waals surface area (Å²) in [5.41, 5.74) is 3.92. The number of nitrogens with one attached hydrogen (secondary N) is 2. The molecule has 0 heterocycles. The molecule has 2 aromatic rings. The summed E-state index contributed by atoms with van der Waals surface area (Å²) in [4.78, 5) is 24.5. The Bertz CT molecular complexity index is 887. The Labute approximate surface area is 169 Å². The first-order valence-electron chi connectivity index (χ1n) is 9.69. The zero-order valence-electron chi connectivity index (χ0n) is 16.4. The molecule has 0 atom stereocenters. The highest BCUT2D eigenvalue weighted by atomic mass is 16.5. The molecule has 2 aromatic carbocycles. The van der Waals surface area contributed by atoms with Gasteiger partial charge in [0, 0.05) is 22.7 Å². The van der Waals surface area contributed by atoms with Crippen molar-refractivity contribution in [1.29, 1.82) is 0 Å². The minimum Gasteiger partial charge on any atom is -0.504 e. The van der Waals surface area contributed by atoms with Crippen LogP contribution in [-0.4, -0.2) is 30.2 Å². The largest absolute Gasteiger partial charge is 0.504 e. The Balaban J connectivity index is 1.55. The Kier molecular flexibility index (Phi) is 6.84. The lowest BCUT2D eigenvalue weighted by atomic mass is 9.88. The van der Waals surface area contributed by atoms with Crippen LogP contribution in [0, 0.1) is 5.92 Å². The summed E-state index contributed by atoms with van der Waals surface area (Å²) in [6.45, 7) is 0. The van der Waals surface area contributed by atoms with Crippen LogP contribution in [0.3, 0.4) is 0 Å². The van der Waals surface area contributed by atoms with Gasteiger partial charge >= 0.3 is 0 Å². The number of amides is 2. The van der Waals surface area contributed by atoms with Crippen LogP contribution in [0.25, 0.3) is 0 Å². The normalized spacial score (nSPS) is 14.5. The van der Waals surface area contributed by atoms with E-state index >= 15 is 0 Å². The van der Waals surface area contributed by atoms with Crippen LogP contribution in [0.4, 0.5) is 5.69 Å². The predicted octanol–water partition coefficient (Wildman–Crippen LogP) is 3.68. The highest BCUT2D eigenvalue weighted by molar-refractivity contribution is 5.97. The number of hydrogen-bond donors (Lipinski definition) is 3. The average molecular weight is 395 g/mol. The number of rotatable bonds is 6. The SMILES string of the molecule is COc1cccc(/C=N/NC(=O)c2ccc(NC(=O)C3CCCCC3)cc2)c1O. The van der Waals surface area contributed by atoms with E-state index in [1.54, 1.807) is 42.5 Å². The maximum atomic E-state index is 12.3. The third-order valence-corrected chi connectivity index (χ3v) is 5.01. The van der Waals surface area contributed by atoms with Gasteiger partial charge in [-0.1, -0.05) is 25.3 Å². The third-order valence-electron chi connectivity index (χ3n) is 5.01. The molecule has 0 spiro atoms. The van der Waals surface area contributed by atoms with Crippen LogP contribution in [0.15, 0.2) is 47.6 Å². The maximum Gasteiger partial charge on any atom is 0.271 e. The number of para-hydroxylation sites is 1. The van der Waals surface area contributed by atoms with Gasteiger partial charge in [-0.25, -0.2) is 5.43 Å². The third kappa shape index (κ3) is 5.34. The molecule has 1 saturated carbocycles. The monoisotopic (exact) mass is 395 g/mol. The molecule has 7 nitrogen and oxygen atoms in total. The van der Waals surface area contributed by atoms with E-state index in [1.807, 2.05) is 0 Å². The number of hydrazone groups is 1. The number of hydrogen-bond acceptors (Lipinski definition) is 5. The van der Waals surface area contributed by atoms with E-state index < -0.39 is 5.91 Å². The van der Waals surface area contributed by atoms with Gasteiger partial charge in [0.05, 0.1) is 13.3 Å². The number of anilines is 1. The van der Waals surface area contributed by atoms with Crippen LogP contribution < -0.4 is 15.5 Å². The molecule has 2 amide bonds. The van der Waals surface area contributed by atoms with Crippen LogP contribution in [0.1, 0.15) is 48.0 Å². The molecule has 0 saturated heterocycles. The van der Waals surface area contributed by atoms with Crippen molar-refractivity contribution in [3.8, 4) is 11.5 Å². The van der Waals surface area contributed by atoms with Crippen molar-refractivity contribution in [2.45, 2.75) is 32.1 Å². The summed E-state index contributed by atoms with van der Waals surface area (Å²) >= 11 is 0. The molecule has 0 aromatic heterocycles. The van der Waals surface area contributed by atoms with Crippen LogP contribution in [0.2, 0.25) is 0 Å². The summed E-state index contributed by atoms with van der Waals surface area (Å²) in [5.74, 6) is 0.00433. The minimum atomic E-state index is -0.395. The van der Waals surface area contributed by atoms with Crippen molar-refractivity contribution in [2.75, 3.05) is 12.4 Å². The summed E-state index contributed by atoms with van der Waals surface area (Å²) in [6.07, 6.45) is 6.62. The van der Waals surface area contributed by atoms with Crippen LogP contribution in [-0.2, 0) is 4.79 Å². The van der Waals surface area contributed by atoms with E-state index in [-0.39, 0.29) is 17.6 Å². The van der Waals surface area contributed by atoms with Crippen molar-refractivity contribution in [1.82, 2.24) is 5.43 Å². The molecule has 1 fully saturated rings. The zero-order chi connectivity index (χ0) is 20.6. The van der Waals surface area contributed by atoms with E-state index in [0.29, 0.717) is 22.6 Å². The molecular formula is C22H25N3O4. The van der Waals surface area contributed by atoms with E-state index in [4.69, 9.17) is 4.74 Å². The Hall–Kier alpha value is -3.35. The minimum absolute atomic E-state index is 0.0459. The van der Waals surface area contributed by atoms with Gasteiger partial charge in [0.25, 0.3) is 5.91 Å². The summed E-state index contributed by atoms with van der Waals surface area (Å²) < 4.78 is 5.03. The Morgan fingerprint density at radius 2 is 1.83 bits per heavy atom. The maximum absolute atomic E-state index is 12.3. The fraction of sp³-hybridized carbons (Fsp3) is 0.318. The van der Waals surface area contributed by atoms with Gasteiger partial charge in [0.15, 0.2) is 11.5 Å². The second-order valence-electron chi connectivity index (χ2n) is 7.00. The number of aromatic hydroxyl groups is 1. The molecule has 0 aliphatic heterocycles. The lowest BCUT2D eigenvalue weighted by molar-refractivity contribution is -0.120. The molecule has 3 rings (SSSR count). The van der Waals surface area contributed by atoms with Gasteiger partial charge in [0.1, 0.15) is 0 Å². The number of carbonyl (C=O) groups excluding carboxylic acids is 2. The first-order valence-corrected chi connectivity index (χ1v) is 9.69. The lowest BCUT2D eigenvalue weighted by Gasteiger charge is -2.20. The molecule has 29 heavy (non-hydrogen) atoms. The zero-order valence-corrected chi connectivity index (χ0v) is 16.4. The number of carbonyl (C=O) groups is 2. The number of benzene rings is 2. The fourth-order valence-electron chi connectivity index (χ4n) is 3.35. The van der Waals surface area contributed by atoms with E-state index in [0.717, 1.165) is 25.7 Å². The van der Waals surface area contributed by atoms with Crippen molar-refractivity contribution in [3.05, 3.63) is 53.6 Å². The van der Waals surface area contributed by atoms with Gasteiger partial charge in [-0.3, -0.25) is 9.59 Å². The Morgan fingerprint density at radius 1 is 1.10 bits per heavy atom. The lowest BCUT2D eigenvalue weighted by Crippen LogP contribution is -2.24. The summed E-state index contributed by atoms with van der Waals surface area (Å²) in [6, 6.07) is 11.6. The fourth-order valence-corrected chi connectivity index (χ4v) is 3.35. The molecule has 1 aliphatic carbocycles. The predicted molar refractivity (Wildman–Crippen MR) is 111 cm³/mol. The molecule has 0 unspecified atom stereocenters. The molecule has 7 heteroatoms. The average Bonchev–Trinajstić information content (AvgIpc) is 2.76. The number of phenols is 1. The molecular weight excluding hydrogens is 370 g/mol. The first kappa shape index (κ1) is 20.4. The van der Waals surface area contributed by atoms with Crippen LogP contribution >= 0.6 is 0 Å². The van der Waals surface area contributed by atoms with Crippen molar-refractivity contribution < 1.29 is 19.4 Å². The second-order valence-corrected chi connectivity index (χ2v) is 7.00. The smallest absolute Gasteiger partial charge is 0.271 e. The first-order chi connectivity index (χ1) is 14.1. The van der Waals surface area contributed by atoms with E-state index in [1.165, 1.54) is 19.7 Å². The highest BCUT2D eigenvalue weighted by Gasteiger charge is 2.21. The van der Waals surface area contributed by atoms with Gasteiger partial charge in [-0.15, -0.1) is 0 Å². The van der Waals surface area contributed by atoms with Crippen LogP contribution in [0.5, 0.6) is 11.5 Å². The van der Waals surface area contributed by atoms with Crippen molar-refractivity contribution >= 4 is 23.7 Å². The molecule has 3 N–H and O–H groups in total. The number of phenolic OH excluding ortho intramolecular Hbond substituents is 1. The second kappa shape index (κ2) is 9.73. The standard InChI is InChI=1S/C22H25N3O4/c1-29-19-9-5-8-17(20(19)26)14-23-25-22(28)16-10-12-18(13-11-16)24-21(27)15-6-3-2-4-7-15/h5,8-15,26H,2-4,6-7H2,1H3,(H,24,27)(H,25,28)/b23-14+. The van der Waals surface area contributed by atoms with Crippen molar-refractivity contribution in [2.24, 2.45) is 11.0 Å². The molecule has 0 bridgehead atoms. The summed E-state index contributed by atoms with van der Waals surface area (Å²) in [5, 5.41) is 16.8. The van der Waals surface area contributed by atoms with Gasteiger partial charge in [-0.2, -0.15) is 5.10 Å². The number of nitrogens with zero attached hydrogens (tertiary/aromatic N) is 1. The highest BCUT2D eigenvalue weighted by Crippen LogP contribution is 2.28. The quantitative estimate of drug-likeness (QED) is 0.513. The Morgan fingerprint density at radius 3 is 2.52 bits per heavy atom. The van der Waals surface area contributed by atoms with Gasteiger partial charge in [0.2, 0.25) is 5.91 Å². The molecule has 152 valence electrons. The van der Waals surface area contributed by atoms with Gasteiger partial charge in [-0.05, 0) is 49.2 Å². The van der Waals surface area contributed by atoms with E-state index in [2.05, 4.69) is 15.8 Å². The summed E-state index contributed by atoms with van der Waals surface area (Å²) in [7, 11) is 1.46. The number of ether oxygens (including phenoxy) is 1.